The van der Waals surface area contributed by atoms with Crippen molar-refractivity contribution in [3.05, 3.63) is 59.8 Å². The van der Waals surface area contributed by atoms with Gasteiger partial charge >= 0.3 is 0 Å². The average Bonchev–Trinajstić information content (AvgIpc) is 3.41. The zero-order valence-electron chi connectivity index (χ0n) is 16.9. The molecule has 0 saturated carbocycles. The van der Waals surface area contributed by atoms with Crippen LogP contribution < -0.4 is 15.5 Å². The molecule has 0 bridgehead atoms. The minimum absolute atomic E-state index is 0.0528. The maximum Gasteiger partial charge on any atom is 0.251 e. The third-order valence-corrected chi connectivity index (χ3v) is 5.45. The Kier molecular flexibility index (Phi) is 7.04. The maximum absolute atomic E-state index is 13.1. The van der Waals surface area contributed by atoms with Crippen LogP contribution in [-0.2, 0) is 4.79 Å². The van der Waals surface area contributed by atoms with Crippen LogP contribution in [0.4, 0.5) is 4.39 Å². The molecule has 7 heteroatoms. The average molecular weight is 402 g/mol. The Bertz CT molecular complexity index is 799. The van der Waals surface area contributed by atoms with E-state index in [9.17, 15) is 14.0 Å². The van der Waals surface area contributed by atoms with Gasteiger partial charge in [0.1, 0.15) is 11.9 Å². The molecule has 3 rings (SSSR count). The third-order valence-electron chi connectivity index (χ3n) is 5.45. The number of quaternary nitrogens is 1. The van der Waals surface area contributed by atoms with Crippen LogP contribution in [0.2, 0.25) is 0 Å². The van der Waals surface area contributed by atoms with E-state index in [4.69, 9.17) is 4.42 Å². The lowest BCUT2D eigenvalue weighted by Crippen LogP contribution is -3.11. The Hall–Kier alpha value is -2.67. The number of benzene rings is 1. The number of rotatable bonds is 8. The van der Waals surface area contributed by atoms with E-state index in [2.05, 4.69) is 10.6 Å². The molecule has 1 aliphatic rings. The Labute approximate surface area is 170 Å². The van der Waals surface area contributed by atoms with Crippen LogP contribution in [0, 0.1) is 11.7 Å². The smallest absolute Gasteiger partial charge is 0.251 e. The second kappa shape index (κ2) is 9.69. The molecule has 0 aliphatic carbocycles. The quantitative estimate of drug-likeness (QED) is 0.629. The van der Waals surface area contributed by atoms with Gasteiger partial charge in [0.2, 0.25) is 5.91 Å². The number of hydrogen-bond donors (Lipinski definition) is 3. The molecule has 3 N–H and O–H groups in total. The number of amides is 2. The molecular formula is C22H29FN3O3+. The Morgan fingerprint density at radius 3 is 2.41 bits per heavy atom. The first kappa shape index (κ1) is 21.0. The summed E-state index contributed by atoms with van der Waals surface area (Å²) in [5.74, 6) is -0.274. The monoisotopic (exact) mass is 402 g/mol. The van der Waals surface area contributed by atoms with Gasteiger partial charge in [-0.15, -0.1) is 0 Å². The van der Waals surface area contributed by atoms with Gasteiger partial charge < -0.3 is 20.0 Å². The minimum atomic E-state index is -0.682. The van der Waals surface area contributed by atoms with Crippen molar-refractivity contribution in [3.63, 3.8) is 0 Å². The van der Waals surface area contributed by atoms with Crippen LogP contribution in [0.15, 0.2) is 47.1 Å². The SMILES string of the molecule is CC(C)[C@H](NC(=O)c1ccc(F)cc1)C(=O)NC[C@H](c1ccco1)[NH+]1CCCC1. The van der Waals surface area contributed by atoms with Crippen LogP contribution in [0.1, 0.15) is 48.8 Å². The van der Waals surface area contributed by atoms with Crippen molar-refractivity contribution in [2.75, 3.05) is 19.6 Å². The van der Waals surface area contributed by atoms with E-state index in [0.29, 0.717) is 12.1 Å². The summed E-state index contributed by atoms with van der Waals surface area (Å²) in [6, 6.07) is 8.44. The summed E-state index contributed by atoms with van der Waals surface area (Å²) < 4.78 is 18.7. The Morgan fingerprint density at radius 1 is 1.14 bits per heavy atom. The normalized spacial score (nSPS) is 16.6. The molecule has 0 radical (unpaired) electrons. The Morgan fingerprint density at radius 2 is 1.83 bits per heavy atom. The first-order valence-corrected chi connectivity index (χ1v) is 10.2. The summed E-state index contributed by atoms with van der Waals surface area (Å²) >= 11 is 0. The summed E-state index contributed by atoms with van der Waals surface area (Å²) in [5.41, 5.74) is 0.319. The topological polar surface area (TPSA) is 75.8 Å². The van der Waals surface area contributed by atoms with Crippen molar-refractivity contribution in [2.24, 2.45) is 5.92 Å². The van der Waals surface area contributed by atoms with Crippen LogP contribution in [-0.4, -0.2) is 37.5 Å². The van der Waals surface area contributed by atoms with E-state index in [1.165, 1.54) is 42.0 Å². The van der Waals surface area contributed by atoms with E-state index in [1.807, 2.05) is 26.0 Å². The van der Waals surface area contributed by atoms with Crippen molar-refractivity contribution in [2.45, 2.75) is 38.8 Å². The molecule has 2 amide bonds. The number of nitrogens with one attached hydrogen (secondary N) is 3. The van der Waals surface area contributed by atoms with E-state index in [1.54, 1.807) is 6.26 Å². The summed E-state index contributed by atoms with van der Waals surface area (Å²) in [7, 11) is 0. The van der Waals surface area contributed by atoms with Gasteiger partial charge in [-0.25, -0.2) is 4.39 Å². The molecule has 1 fully saturated rings. The number of hydrogen-bond acceptors (Lipinski definition) is 3. The van der Waals surface area contributed by atoms with Gasteiger partial charge in [0.15, 0.2) is 11.8 Å². The fourth-order valence-corrected chi connectivity index (χ4v) is 3.79. The third kappa shape index (κ3) is 5.44. The largest absolute Gasteiger partial charge is 0.463 e. The molecule has 2 aromatic rings. The van der Waals surface area contributed by atoms with Crippen LogP contribution in [0.25, 0.3) is 0 Å². The highest BCUT2D eigenvalue weighted by atomic mass is 19.1. The minimum Gasteiger partial charge on any atom is -0.463 e. The lowest BCUT2D eigenvalue weighted by molar-refractivity contribution is -0.919. The van der Waals surface area contributed by atoms with E-state index in [-0.39, 0.29) is 17.9 Å². The second-order valence-corrected chi connectivity index (χ2v) is 7.88. The van der Waals surface area contributed by atoms with Crippen molar-refractivity contribution < 1.29 is 23.3 Å². The molecule has 29 heavy (non-hydrogen) atoms. The summed E-state index contributed by atoms with van der Waals surface area (Å²) in [6.07, 6.45) is 3.99. The number of carbonyl (C=O) groups excluding carboxylic acids is 2. The molecule has 1 aromatic heterocycles. The molecule has 0 spiro atoms. The highest BCUT2D eigenvalue weighted by Gasteiger charge is 2.31. The van der Waals surface area contributed by atoms with Gasteiger partial charge in [-0.2, -0.15) is 0 Å². The maximum atomic E-state index is 13.1. The molecule has 1 aromatic carbocycles. The first-order chi connectivity index (χ1) is 14.0. The standard InChI is InChI=1S/C22H28FN3O3/c1-15(2)20(25-21(27)16-7-9-17(23)10-8-16)22(28)24-14-18(19-6-5-13-29-19)26-11-3-4-12-26/h5-10,13,15,18,20H,3-4,11-12,14H2,1-2H3,(H,24,28)(H,25,27)/p+1/t18-,20+/m1/s1. The zero-order valence-corrected chi connectivity index (χ0v) is 16.9. The fourth-order valence-electron chi connectivity index (χ4n) is 3.79. The van der Waals surface area contributed by atoms with Crippen LogP contribution in [0.5, 0.6) is 0 Å². The predicted molar refractivity (Wildman–Crippen MR) is 107 cm³/mol. The van der Waals surface area contributed by atoms with Crippen molar-refractivity contribution >= 4 is 11.8 Å². The van der Waals surface area contributed by atoms with Gasteiger partial charge in [-0.1, -0.05) is 13.8 Å². The van der Waals surface area contributed by atoms with E-state index < -0.39 is 17.8 Å². The van der Waals surface area contributed by atoms with Gasteiger partial charge in [-0.3, -0.25) is 9.59 Å². The fraction of sp³-hybridized carbons (Fsp3) is 0.455. The van der Waals surface area contributed by atoms with Gasteiger partial charge in [0.25, 0.3) is 5.91 Å². The van der Waals surface area contributed by atoms with E-state index >= 15 is 0 Å². The number of furan rings is 1. The summed E-state index contributed by atoms with van der Waals surface area (Å²) in [4.78, 5) is 26.7. The second-order valence-electron chi connectivity index (χ2n) is 7.88. The zero-order chi connectivity index (χ0) is 20.8. The lowest BCUT2D eigenvalue weighted by Gasteiger charge is -2.26. The number of halogens is 1. The highest BCUT2D eigenvalue weighted by Crippen LogP contribution is 2.12. The molecule has 156 valence electrons. The van der Waals surface area contributed by atoms with Gasteiger partial charge in [0, 0.05) is 18.4 Å². The molecule has 2 heterocycles. The van der Waals surface area contributed by atoms with Gasteiger partial charge in [-0.05, 0) is 42.3 Å². The summed E-state index contributed by atoms with van der Waals surface area (Å²) in [6.45, 7) is 6.31. The van der Waals surface area contributed by atoms with Crippen molar-refractivity contribution in [1.82, 2.24) is 10.6 Å². The molecule has 1 aliphatic heterocycles. The van der Waals surface area contributed by atoms with Gasteiger partial charge in [0.05, 0.1) is 25.9 Å². The van der Waals surface area contributed by atoms with Crippen molar-refractivity contribution in [1.29, 1.82) is 0 Å². The molecule has 6 nitrogen and oxygen atoms in total. The first-order valence-electron chi connectivity index (χ1n) is 10.2. The molecular weight excluding hydrogens is 373 g/mol. The van der Waals surface area contributed by atoms with E-state index in [0.717, 1.165) is 18.8 Å². The number of carbonyl (C=O) groups is 2. The Balaban J connectivity index is 1.63. The number of likely N-dealkylation sites (tertiary alicyclic amines) is 1. The molecule has 0 unspecified atom stereocenters. The van der Waals surface area contributed by atoms with Crippen LogP contribution in [0.3, 0.4) is 0 Å². The predicted octanol–water partition coefficient (Wildman–Crippen LogP) is 1.71. The molecule has 2 atom stereocenters. The molecule has 1 saturated heterocycles. The van der Waals surface area contributed by atoms with Crippen LogP contribution >= 0.6 is 0 Å². The van der Waals surface area contributed by atoms with Crippen molar-refractivity contribution in [3.8, 4) is 0 Å². The highest BCUT2D eigenvalue weighted by molar-refractivity contribution is 5.97. The lowest BCUT2D eigenvalue weighted by atomic mass is 10.0. The summed E-state index contributed by atoms with van der Waals surface area (Å²) in [5, 5.41) is 5.78.